The van der Waals surface area contributed by atoms with E-state index in [9.17, 15) is 18.0 Å². The molecular weight excluding hydrogens is 217 g/mol. The van der Waals surface area contributed by atoms with Crippen molar-refractivity contribution in [3.05, 3.63) is 11.6 Å². The normalized spacial score (nSPS) is 11.5. The number of hydrogen-bond donors (Lipinski definition) is 3. The summed E-state index contributed by atoms with van der Waals surface area (Å²) in [5, 5.41) is 15.4. The van der Waals surface area contributed by atoms with Gasteiger partial charge in [0.25, 0.3) is 5.82 Å². The van der Waals surface area contributed by atoms with Gasteiger partial charge in [-0.15, -0.1) is 5.10 Å². The highest BCUT2D eigenvalue weighted by Crippen LogP contribution is 2.25. The van der Waals surface area contributed by atoms with Crippen LogP contribution in [0.15, 0.2) is 0 Å². The predicted octanol–water partition coefficient (Wildman–Crippen LogP) is -0.568. The average molecular weight is 224 g/mol. The topological polar surface area (TPSA) is 90.9 Å². The number of aliphatic hydroxyl groups is 1. The fourth-order valence-corrected chi connectivity index (χ4v) is 0.739. The second-order valence-electron chi connectivity index (χ2n) is 2.54. The van der Waals surface area contributed by atoms with Crippen LogP contribution in [0.1, 0.15) is 11.6 Å². The zero-order chi connectivity index (χ0) is 11.5. The molecule has 0 aliphatic rings. The van der Waals surface area contributed by atoms with Gasteiger partial charge in [-0.1, -0.05) is 0 Å². The van der Waals surface area contributed by atoms with E-state index in [1.165, 1.54) is 0 Å². The lowest BCUT2D eigenvalue weighted by molar-refractivity contribution is -0.144. The monoisotopic (exact) mass is 224 g/mol. The minimum atomic E-state index is -4.62. The summed E-state index contributed by atoms with van der Waals surface area (Å²) in [5.74, 6) is -2.14. The van der Waals surface area contributed by atoms with Crippen molar-refractivity contribution in [2.45, 2.75) is 12.7 Å². The lowest BCUT2D eigenvalue weighted by atomic mass is 10.5. The van der Waals surface area contributed by atoms with Crippen LogP contribution in [0.3, 0.4) is 0 Å². The van der Waals surface area contributed by atoms with Gasteiger partial charge in [0, 0.05) is 0 Å². The SMILES string of the molecule is O=C(CO)NCc1nc(C(F)(F)F)n[nH]1. The van der Waals surface area contributed by atoms with E-state index in [0.717, 1.165) is 0 Å². The zero-order valence-corrected chi connectivity index (χ0v) is 7.30. The van der Waals surface area contributed by atoms with Gasteiger partial charge in [-0.25, -0.2) is 4.98 Å². The summed E-state index contributed by atoms with van der Waals surface area (Å²) in [5.41, 5.74) is 0. The highest BCUT2D eigenvalue weighted by Gasteiger charge is 2.35. The minimum absolute atomic E-state index is 0.135. The van der Waals surface area contributed by atoms with E-state index in [0.29, 0.717) is 0 Å². The third-order valence-corrected chi connectivity index (χ3v) is 1.38. The Balaban J connectivity index is 2.58. The summed E-state index contributed by atoms with van der Waals surface area (Å²) in [6, 6.07) is 0. The number of aromatic amines is 1. The van der Waals surface area contributed by atoms with Gasteiger partial charge in [0.05, 0.1) is 6.54 Å². The number of aliphatic hydroxyl groups excluding tert-OH is 1. The summed E-state index contributed by atoms with van der Waals surface area (Å²) in [4.78, 5) is 13.6. The van der Waals surface area contributed by atoms with Crippen molar-refractivity contribution >= 4 is 5.91 Å². The van der Waals surface area contributed by atoms with E-state index < -0.39 is 24.5 Å². The first-order valence-corrected chi connectivity index (χ1v) is 3.79. The highest BCUT2D eigenvalue weighted by atomic mass is 19.4. The molecule has 0 aliphatic carbocycles. The summed E-state index contributed by atoms with van der Waals surface area (Å²) < 4.78 is 36.0. The molecule has 0 fully saturated rings. The van der Waals surface area contributed by atoms with Gasteiger partial charge in [0.1, 0.15) is 12.4 Å². The third kappa shape index (κ3) is 3.20. The number of amides is 1. The molecule has 1 amide bonds. The Labute approximate surface area is 81.5 Å². The maximum atomic E-state index is 12.0. The highest BCUT2D eigenvalue weighted by molar-refractivity contribution is 5.76. The van der Waals surface area contributed by atoms with E-state index in [2.05, 4.69) is 15.4 Å². The number of H-pyrrole nitrogens is 1. The quantitative estimate of drug-likeness (QED) is 0.641. The van der Waals surface area contributed by atoms with Crippen molar-refractivity contribution in [3.63, 3.8) is 0 Å². The maximum absolute atomic E-state index is 12.0. The number of carbonyl (C=O) groups excluding carboxylic acids is 1. The molecule has 0 unspecified atom stereocenters. The number of hydrogen-bond acceptors (Lipinski definition) is 4. The smallest absolute Gasteiger partial charge is 0.387 e. The summed E-state index contributed by atoms with van der Waals surface area (Å²) in [6.07, 6.45) is -4.62. The van der Waals surface area contributed by atoms with Crippen LogP contribution in [0, 0.1) is 0 Å². The molecule has 0 saturated heterocycles. The van der Waals surface area contributed by atoms with Crippen LogP contribution in [0.2, 0.25) is 0 Å². The second-order valence-corrected chi connectivity index (χ2v) is 2.54. The molecule has 6 nitrogen and oxygen atoms in total. The first-order chi connectivity index (χ1) is 6.93. The Morgan fingerprint density at radius 1 is 1.53 bits per heavy atom. The van der Waals surface area contributed by atoms with E-state index in [-0.39, 0.29) is 12.4 Å². The molecule has 1 heterocycles. The molecule has 0 spiro atoms. The van der Waals surface area contributed by atoms with Crippen LogP contribution in [-0.2, 0) is 17.5 Å². The van der Waals surface area contributed by atoms with Crippen LogP contribution in [0.25, 0.3) is 0 Å². The van der Waals surface area contributed by atoms with E-state index in [1.54, 1.807) is 0 Å². The van der Waals surface area contributed by atoms with Crippen LogP contribution in [-0.4, -0.2) is 32.8 Å². The number of aromatic nitrogens is 3. The minimum Gasteiger partial charge on any atom is -0.387 e. The Hall–Kier alpha value is -1.64. The molecule has 9 heteroatoms. The van der Waals surface area contributed by atoms with E-state index in [4.69, 9.17) is 5.11 Å². The van der Waals surface area contributed by atoms with Crippen LogP contribution in [0.4, 0.5) is 13.2 Å². The molecule has 15 heavy (non-hydrogen) atoms. The van der Waals surface area contributed by atoms with E-state index >= 15 is 0 Å². The predicted molar refractivity (Wildman–Crippen MR) is 40.3 cm³/mol. The number of carbonyl (C=O) groups is 1. The third-order valence-electron chi connectivity index (χ3n) is 1.38. The molecule has 0 aromatic carbocycles. The molecule has 0 saturated carbocycles. The Morgan fingerprint density at radius 3 is 2.67 bits per heavy atom. The van der Waals surface area contributed by atoms with Crippen molar-refractivity contribution in [2.75, 3.05) is 6.61 Å². The van der Waals surface area contributed by atoms with Crippen molar-refractivity contribution in [3.8, 4) is 0 Å². The first-order valence-electron chi connectivity index (χ1n) is 3.79. The van der Waals surface area contributed by atoms with Crippen LogP contribution >= 0.6 is 0 Å². The number of halogens is 3. The summed E-state index contributed by atoms with van der Waals surface area (Å²) >= 11 is 0. The van der Waals surface area contributed by atoms with Crippen LogP contribution in [0.5, 0.6) is 0 Å². The number of nitrogens with zero attached hydrogens (tertiary/aromatic N) is 2. The molecule has 0 radical (unpaired) electrons. The van der Waals surface area contributed by atoms with Gasteiger partial charge < -0.3 is 10.4 Å². The summed E-state index contributed by atoms with van der Waals surface area (Å²) in [6.45, 7) is -0.983. The molecule has 3 N–H and O–H groups in total. The lowest BCUT2D eigenvalue weighted by Gasteiger charge is -1.99. The van der Waals surface area contributed by atoms with Crippen molar-refractivity contribution in [1.29, 1.82) is 0 Å². The fraction of sp³-hybridized carbons (Fsp3) is 0.500. The Morgan fingerprint density at radius 2 is 2.20 bits per heavy atom. The lowest BCUT2D eigenvalue weighted by Crippen LogP contribution is -2.26. The molecule has 84 valence electrons. The second kappa shape index (κ2) is 4.26. The van der Waals surface area contributed by atoms with Crippen molar-refractivity contribution in [2.24, 2.45) is 0 Å². The molecule has 0 aliphatic heterocycles. The molecule has 1 aromatic rings. The van der Waals surface area contributed by atoms with Gasteiger partial charge in [-0.2, -0.15) is 13.2 Å². The van der Waals surface area contributed by atoms with Crippen molar-refractivity contribution in [1.82, 2.24) is 20.5 Å². The fourth-order valence-electron chi connectivity index (χ4n) is 0.739. The molecule has 1 rings (SSSR count). The van der Waals surface area contributed by atoms with Gasteiger partial charge in [0.15, 0.2) is 0 Å². The Kier molecular flexibility index (Phi) is 3.24. The van der Waals surface area contributed by atoms with Gasteiger partial charge in [-0.05, 0) is 0 Å². The van der Waals surface area contributed by atoms with Gasteiger partial charge in [0.2, 0.25) is 5.91 Å². The average Bonchev–Trinajstić information content (AvgIpc) is 2.61. The first kappa shape index (κ1) is 11.4. The summed E-state index contributed by atoms with van der Waals surface area (Å²) in [7, 11) is 0. The van der Waals surface area contributed by atoms with Crippen LogP contribution < -0.4 is 5.32 Å². The number of rotatable bonds is 3. The van der Waals surface area contributed by atoms with Gasteiger partial charge >= 0.3 is 6.18 Å². The molecule has 0 bridgehead atoms. The van der Waals surface area contributed by atoms with E-state index in [1.807, 2.05) is 5.10 Å². The molecule has 0 atom stereocenters. The molecule has 1 aromatic heterocycles. The Bertz CT molecular complexity index is 348. The molecular formula is C6H7F3N4O2. The zero-order valence-electron chi connectivity index (χ0n) is 7.30. The van der Waals surface area contributed by atoms with Gasteiger partial charge in [-0.3, -0.25) is 9.89 Å². The largest absolute Gasteiger partial charge is 0.453 e. The number of nitrogens with one attached hydrogen (secondary N) is 2. The number of alkyl halides is 3. The van der Waals surface area contributed by atoms with Crippen molar-refractivity contribution < 1.29 is 23.1 Å². The standard InChI is InChI=1S/C6H7F3N4O2/c7-6(8,9)5-11-3(12-13-5)1-10-4(15)2-14/h14H,1-2H2,(H,10,15)(H,11,12,13). The maximum Gasteiger partial charge on any atom is 0.453 e.